The van der Waals surface area contributed by atoms with E-state index in [1.807, 2.05) is 6.92 Å². The average molecular weight is 182 g/mol. The molecule has 0 aliphatic carbocycles. The molecule has 72 valence electrons. The first-order valence-electron chi connectivity index (χ1n) is 4.41. The first-order valence-corrected chi connectivity index (χ1v) is 4.41. The van der Waals surface area contributed by atoms with Crippen molar-refractivity contribution in [1.82, 2.24) is 9.78 Å². The minimum atomic E-state index is -0.332. The third kappa shape index (κ3) is 2.57. The molecule has 0 spiro atoms. The maximum absolute atomic E-state index is 11.3. The van der Waals surface area contributed by atoms with Crippen molar-refractivity contribution in [3.63, 3.8) is 0 Å². The molecule has 0 fully saturated rings. The minimum absolute atomic E-state index is 0.231. The Labute approximate surface area is 77.5 Å². The summed E-state index contributed by atoms with van der Waals surface area (Å²) in [5.41, 5.74) is 0. The molecular formula is C9H14N2O2. The van der Waals surface area contributed by atoms with Crippen molar-refractivity contribution in [2.75, 3.05) is 6.61 Å². The molecule has 0 amide bonds. The maximum Gasteiger partial charge on any atom is 0.330 e. The largest absolute Gasteiger partial charge is 0.464 e. The van der Waals surface area contributed by atoms with Crippen molar-refractivity contribution in [3.05, 3.63) is 18.5 Å². The van der Waals surface area contributed by atoms with Crippen LogP contribution in [0.25, 0.3) is 0 Å². The van der Waals surface area contributed by atoms with Crippen LogP contribution in [0.2, 0.25) is 0 Å². The van der Waals surface area contributed by atoms with Gasteiger partial charge in [-0.05, 0) is 19.4 Å². The lowest BCUT2D eigenvalue weighted by Gasteiger charge is -2.10. The zero-order valence-corrected chi connectivity index (χ0v) is 7.93. The first-order chi connectivity index (χ1) is 6.25. The van der Waals surface area contributed by atoms with Gasteiger partial charge in [-0.25, -0.2) is 4.79 Å². The predicted octanol–water partition coefficient (Wildman–Crippen LogP) is 1.40. The van der Waals surface area contributed by atoms with E-state index in [-0.39, 0.29) is 12.0 Å². The number of aromatic nitrogens is 2. The van der Waals surface area contributed by atoms with Gasteiger partial charge in [-0.1, -0.05) is 6.92 Å². The highest BCUT2D eigenvalue weighted by atomic mass is 16.5. The van der Waals surface area contributed by atoms with Gasteiger partial charge in [0, 0.05) is 12.4 Å². The van der Waals surface area contributed by atoms with E-state index in [0.717, 1.165) is 6.42 Å². The van der Waals surface area contributed by atoms with Gasteiger partial charge < -0.3 is 4.74 Å². The molecule has 1 aromatic heterocycles. The second-order valence-corrected chi connectivity index (χ2v) is 2.83. The monoisotopic (exact) mass is 182 g/mol. The predicted molar refractivity (Wildman–Crippen MR) is 48.2 cm³/mol. The molecule has 0 saturated carbocycles. The van der Waals surface area contributed by atoms with Crippen LogP contribution < -0.4 is 0 Å². The average Bonchev–Trinajstić information content (AvgIpc) is 2.65. The third-order valence-electron chi connectivity index (χ3n) is 1.71. The molecule has 1 rings (SSSR count). The van der Waals surface area contributed by atoms with Crippen molar-refractivity contribution in [3.8, 4) is 0 Å². The van der Waals surface area contributed by atoms with Gasteiger partial charge in [-0.3, -0.25) is 4.68 Å². The lowest BCUT2D eigenvalue weighted by atomic mass is 10.3. The molecule has 4 heteroatoms. The Kier molecular flexibility index (Phi) is 3.49. The van der Waals surface area contributed by atoms with Crippen molar-refractivity contribution in [1.29, 1.82) is 0 Å². The van der Waals surface area contributed by atoms with E-state index in [1.54, 1.807) is 30.1 Å². The molecule has 0 aliphatic rings. The molecule has 0 radical (unpaired) electrons. The van der Waals surface area contributed by atoms with Crippen LogP contribution in [0.5, 0.6) is 0 Å². The van der Waals surface area contributed by atoms with E-state index < -0.39 is 0 Å². The van der Waals surface area contributed by atoms with E-state index in [0.29, 0.717) is 6.61 Å². The SMILES string of the molecule is CCCOC(=O)C(C)n1cccn1. The van der Waals surface area contributed by atoms with Crippen LogP contribution in [0.4, 0.5) is 0 Å². The van der Waals surface area contributed by atoms with Crippen LogP contribution >= 0.6 is 0 Å². The lowest BCUT2D eigenvalue weighted by Crippen LogP contribution is -2.19. The number of rotatable bonds is 4. The molecule has 0 aromatic carbocycles. The van der Waals surface area contributed by atoms with Gasteiger partial charge in [-0.15, -0.1) is 0 Å². The second kappa shape index (κ2) is 4.64. The van der Waals surface area contributed by atoms with Crippen molar-refractivity contribution in [2.45, 2.75) is 26.3 Å². The van der Waals surface area contributed by atoms with E-state index in [2.05, 4.69) is 5.10 Å². The zero-order chi connectivity index (χ0) is 9.68. The summed E-state index contributed by atoms with van der Waals surface area (Å²) in [5.74, 6) is -0.231. The summed E-state index contributed by atoms with van der Waals surface area (Å²) in [4.78, 5) is 11.3. The van der Waals surface area contributed by atoms with Crippen LogP contribution in [-0.2, 0) is 9.53 Å². The molecular weight excluding hydrogens is 168 g/mol. The van der Waals surface area contributed by atoms with Gasteiger partial charge in [0.25, 0.3) is 0 Å². The molecule has 4 nitrogen and oxygen atoms in total. The molecule has 13 heavy (non-hydrogen) atoms. The fourth-order valence-electron chi connectivity index (χ4n) is 0.941. The number of carbonyl (C=O) groups excluding carboxylic acids is 1. The lowest BCUT2D eigenvalue weighted by molar-refractivity contribution is -0.147. The normalized spacial score (nSPS) is 12.5. The molecule has 0 saturated heterocycles. The summed E-state index contributed by atoms with van der Waals surface area (Å²) in [6.45, 7) is 4.21. The van der Waals surface area contributed by atoms with Gasteiger partial charge in [-0.2, -0.15) is 5.10 Å². The Morgan fingerprint density at radius 2 is 2.46 bits per heavy atom. The summed E-state index contributed by atoms with van der Waals surface area (Å²) in [6.07, 6.45) is 4.24. The molecule has 1 unspecified atom stereocenters. The van der Waals surface area contributed by atoms with Crippen LogP contribution in [-0.4, -0.2) is 22.4 Å². The highest BCUT2D eigenvalue weighted by molar-refractivity contribution is 5.73. The number of hydrogen-bond donors (Lipinski definition) is 0. The Morgan fingerprint density at radius 1 is 1.69 bits per heavy atom. The minimum Gasteiger partial charge on any atom is -0.464 e. The molecule has 0 N–H and O–H groups in total. The molecule has 1 atom stereocenters. The fourth-order valence-corrected chi connectivity index (χ4v) is 0.941. The number of ether oxygens (including phenoxy) is 1. The van der Waals surface area contributed by atoms with Gasteiger partial charge in [0.2, 0.25) is 0 Å². The van der Waals surface area contributed by atoms with Crippen molar-refractivity contribution >= 4 is 5.97 Å². The third-order valence-corrected chi connectivity index (χ3v) is 1.71. The standard InChI is InChI=1S/C9H14N2O2/c1-3-7-13-9(12)8(2)11-6-4-5-10-11/h4-6,8H,3,7H2,1-2H3. The molecule has 1 aromatic rings. The summed E-state index contributed by atoms with van der Waals surface area (Å²) in [7, 11) is 0. The fraction of sp³-hybridized carbons (Fsp3) is 0.556. The summed E-state index contributed by atoms with van der Waals surface area (Å²) in [5, 5.41) is 3.96. The highest BCUT2D eigenvalue weighted by Gasteiger charge is 2.15. The Morgan fingerprint density at radius 3 is 3.00 bits per heavy atom. The topological polar surface area (TPSA) is 44.1 Å². The maximum atomic E-state index is 11.3. The Balaban J connectivity index is 2.48. The van der Waals surface area contributed by atoms with E-state index in [4.69, 9.17) is 4.74 Å². The van der Waals surface area contributed by atoms with Gasteiger partial charge in [0.05, 0.1) is 6.61 Å². The molecule has 0 aliphatic heterocycles. The molecule has 1 heterocycles. The quantitative estimate of drug-likeness (QED) is 0.661. The van der Waals surface area contributed by atoms with Crippen LogP contribution in [0.3, 0.4) is 0 Å². The smallest absolute Gasteiger partial charge is 0.330 e. The number of esters is 1. The first kappa shape index (κ1) is 9.77. The zero-order valence-electron chi connectivity index (χ0n) is 7.93. The Hall–Kier alpha value is -1.32. The van der Waals surface area contributed by atoms with Crippen molar-refractivity contribution in [2.24, 2.45) is 0 Å². The van der Waals surface area contributed by atoms with Crippen molar-refractivity contribution < 1.29 is 9.53 Å². The number of nitrogens with zero attached hydrogens (tertiary/aromatic N) is 2. The van der Waals surface area contributed by atoms with E-state index in [1.165, 1.54) is 0 Å². The van der Waals surface area contributed by atoms with Gasteiger partial charge in [0.1, 0.15) is 6.04 Å². The number of hydrogen-bond acceptors (Lipinski definition) is 3. The summed E-state index contributed by atoms with van der Waals surface area (Å²) in [6, 6.07) is 1.45. The van der Waals surface area contributed by atoms with Crippen LogP contribution in [0.1, 0.15) is 26.3 Å². The summed E-state index contributed by atoms with van der Waals surface area (Å²) >= 11 is 0. The second-order valence-electron chi connectivity index (χ2n) is 2.83. The Bertz CT molecular complexity index is 257. The van der Waals surface area contributed by atoms with Gasteiger partial charge in [0.15, 0.2) is 0 Å². The number of carbonyl (C=O) groups is 1. The van der Waals surface area contributed by atoms with Gasteiger partial charge >= 0.3 is 5.97 Å². The van der Waals surface area contributed by atoms with E-state index >= 15 is 0 Å². The van der Waals surface area contributed by atoms with E-state index in [9.17, 15) is 4.79 Å². The highest BCUT2D eigenvalue weighted by Crippen LogP contribution is 2.05. The van der Waals surface area contributed by atoms with Crippen LogP contribution in [0, 0.1) is 0 Å². The van der Waals surface area contributed by atoms with Crippen LogP contribution in [0.15, 0.2) is 18.5 Å². The summed E-state index contributed by atoms with van der Waals surface area (Å²) < 4.78 is 6.56. The molecule has 0 bridgehead atoms.